The Bertz CT molecular complexity index is 922. The van der Waals surface area contributed by atoms with Crippen LogP contribution in [0.15, 0.2) is 48.5 Å². The zero-order chi connectivity index (χ0) is 24.5. The molecule has 0 aliphatic carbocycles. The van der Waals surface area contributed by atoms with Gasteiger partial charge in [0.2, 0.25) is 5.91 Å². The number of ether oxygens (including phenoxy) is 2. The summed E-state index contributed by atoms with van der Waals surface area (Å²) in [6.07, 6.45) is 0. The number of hydrogen-bond donors (Lipinski definition) is 2. The van der Waals surface area contributed by atoms with Crippen molar-refractivity contribution < 1.29 is 19.1 Å². The van der Waals surface area contributed by atoms with Crippen molar-refractivity contribution in [1.82, 2.24) is 15.5 Å². The van der Waals surface area contributed by atoms with Gasteiger partial charge in [0, 0.05) is 25.2 Å². The summed E-state index contributed by atoms with van der Waals surface area (Å²) < 4.78 is 11.0. The quantitative estimate of drug-likeness (QED) is 0.560. The molecule has 1 saturated heterocycles. The van der Waals surface area contributed by atoms with E-state index in [-0.39, 0.29) is 23.8 Å². The SMILES string of the molecule is CCOc1ccc(C(=O)NC(C(=O)NCC(c2ccc(C)cc2)N2CCOCC2)C(C)C)cc1. The first-order chi connectivity index (χ1) is 16.4. The number of morpholine rings is 1. The molecule has 1 heterocycles. The average Bonchev–Trinajstić information content (AvgIpc) is 2.84. The molecule has 7 heteroatoms. The van der Waals surface area contributed by atoms with Crippen molar-refractivity contribution in [2.45, 2.75) is 39.8 Å². The average molecular weight is 468 g/mol. The van der Waals surface area contributed by atoms with E-state index in [1.807, 2.05) is 20.8 Å². The second-order valence-corrected chi connectivity index (χ2v) is 8.97. The summed E-state index contributed by atoms with van der Waals surface area (Å²) in [5, 5.41) is 6.01. The Kier molecular flexibility index (Phi) is 9.48. The second-order valence-electron chi connectivity index (χ2n) is 8.97. The number of nitrogens with one attached hydrogen (secondary N) is 2. The van der Waals surface area contributed by atoms with Crippen molar-refractivity contribution in [1.29, 1.82) is 0 Å². The molecular formula is C27H37N3O4. The molecule has 2 N–H and O–H groups in total. The summed E-state index contributed by atoms with van der Waals surface area (Å²) >= 11 is 0. The molecular weight excluding hydrogens is 430 g/mol. The minimum absolute atomic E-state index is 0.0445. The van der Waals surface area contributed by atoms with Crippen LogP contribution in [0.1, 0.15) is 48.3 Å². The van der Waals surface area contributed by atoms with E-state index in [1.54, 1.807) is 24.3 Å². The van der Waals surface area contributed by atoms with Crippen molar-refractivity contribution in [2.75, 3.05) is 39.5 Å². The molecule has 2 aromatic carbocycles. The van der Waals surface area contributed by atoms with E-state index in [0.717, 1.165) is 18.7 Å². The van der Waals surface area contributed by atoms with Gasteiger partial charge in [-0.3, -0.25) is 14.5 Å². The maximum atomic E-state index is 13.2. The van der Waals surface area contributed by atoms with Crippen molar-refractivity contribution in [2.24, 2.45) is 5.92 Å². The smallest absolute Gasteiger partial charge is 0.251 e. The van der Waals surface area contributed by atoms with Crippen LogP contribution in [0.4, 0.5) is 0 Å². The molecule has 34 heavy (non-hydrogen) atoms. The van der Waals surface area contributed by atoms with Crippen LogP contribution in [-0.4, -0.2) is 62.2 Å². The van der Waals surface area contributed by atoms with Crippen molar-refractivity contribution in [3.8, 4) is 5.75 Å². The number of benzene rings is 2. The molecule has 2 aromatic rings. The van der Waals surface area contributed by atoms with Crippen LogP contribution in [0.3, 0.4) is 0 Å². The molecule has 0 bridgehead atoms. The lowest BCUT2D eigenvalue weighted by molar-refractivity contribution is -0.124. The van der Waals surface area contributed by atoms with Gasteiger partial charge in [-0.05, 0) is 49.6 Å². The van der Waals surface area contributed by atoms with Crippen LogP contribution in [-0.2, 0) is 9.53 Å². The van der Waals surface area contributed by atoms with Gasteiger partial charge in [0.1, 0.15) is 11.8 Å². The summed E-state index contributed by atoms with van der Waals surface area (Å²) in [5.41, 5.74) is 2.85. The van der Waals surface area contributed by atoms with Gasteiger partial charge < -0.3 is 20.1 Å². The highest BCUT2D eigenvalue weighted by molar-refractivity contribution is 5.97. The number of rotatable bonds is 10. The maximum Gasteiger partial charge on any atom is 0.251 e. The molecule has 0 aromatic heterocycles. The fraction of sp³-hybridized carbons (Fsp3) is 0.481. The predicted molar refractivity (Wildman–Crippen MR) is 133 cm³/mol. The van der Waals surface area contributed by atoms with Gasteiger partial charge >= 0.3 is 0 Å². The molecule has 0 saturated carbocycles. The number of amides is 2. The molecule has 2 unspecified atom stereocenters. The van der Waals surface area contributed by atoms with Crippen LogP contribution >= 0.6 is 0 Å². The van der Waals surface area contributed by atoms with Gasteiger partial charge in [-0.15, -0.1) is 0 Å². The molecule has 2 amide bonds. The second kappa shape index (κ2) is 12.5. The number of carbonyl (C=O) groups is 2. The third kappa shape index (κ3) is 7.05. The van der Waals surface area contributed by atoms with Gasteiger partial charge in [0.05, 0.1) is 25.9 Å². The van der Waals surface area contributed by atoms with Crippen molar-refractivity contribution in [3.63, 3.8) is 0 Å². The summed E-state index contributed by atoms with van der Waals surface area (Å²) in [7, 11) is 0. The van der Waals surface area contributed by atoms with Gasteiger partial charge in [0.25, 0.3) is 5.91 Å². The van der Waals surface area contributed by atoms with Crippen LogP contribution in [0.5, 0.6) is 5.75 Å². The first-order valence-electron chi connectivity index (χ1n) is 12.1. The van der Waals surface area contributed by atoms with E-state index in [4.69, 9.17) is 9.47 Å². The highest BCUT2D eigenvalue weighted by Crippen LogP contribution is 2.22. The van der Waals surface area contributed by atoms with E-state index in [9.17, 15) is 9.59 Å². The maximum absolute atomic E-state index is 13.2. The minimum atomic E-state index is -0.637. The first-order valence-corrected chi connectivity index (χ1v) is 12.1. The van der Waals surface area contributed by atoms with Crippen LogP contribution in [0, 0.1) is 12.8 Å². The van der Waals surface area contributed by atoms with Crippen LogP contribution in [0.2, 0.25) is 0 Å². The van der Waals surface area contributed by atoms with E-state index >= 15 is 0 Å². The standard InChI is InChI=1S/C27H37N3O4/c1-5-34-23-12-10-22(11-13-23)26(31)29-25(19(2)3)27(32)28-18-24(30-14-16-33-17-15-30)21-8-6-20(4)7-9-21/h6-13,19,24-25H,5,14-18H2,1-4H3,(H,28,32)(H,29,31). The Hall–Kier alpha value is -2.90. The molecule has 1 aliphatic rings. The number of carbonyl (C=O) groups excluding carboxylic acids is 2. The lowest BCUT2D eigenvalue weighted by Gasteiger charge is -2.35. The molecule has 1 aliphatic heterocycles. The third-order valence-corrected chi connectivity index (χ3v) is 6.08. The molecule has 2 atom stereocenters. The van der Waals surface area contributed by atoms with E-state index in [1.165, 1.54) is 5.56 Å². The largest absolute Gasteiger partial charge is 0.494 e. The zero-order valence-electron chi connectivity index (χ0n) is 20.7. The Morgan fingerprint density at radius 1 is 1.03 bits per heavy atom. The molecule has 0 spiro atoms. The number of hydrogen-bond acceptors (Lipinski definition) is 5. The highest BCUT2D eigenvalue weighted by Gasteiger charge is 2.28. The van der Waals surface area contributed by atoms with E-state index in [0.29, 0.717) is 37.7 Å². The van der Waals surface area contributed by atoms with Crippen LogP contribution in [0.25, 0.3) is 0 Å². The topological polar surface area (TPSA) is 79.9 Å². The van der Waals surface area contributed by atoms with Crippen LogP contribution < -0.4 is 15.4 Å². The number of aryl methyl sites for hydroxylation is 1. The predicted octanol–water partition coefficient (Wildman–Crippen LogP) is 3.34. The molecule has 7 nitrogen and oxygen atoms in total. The fourth-order valence-electron chi connectivity index (χ4n) is 4.07. The Labute approximate surface area is 202 Å². The molecule has 1 fully saturated rings. The third-order valence-electron chi connectivity index (χ3n) is 6.08. The Morgan fingerprint density at radius 3 is 2.26 bits per heavy atom. The first kappa shape index (κ1) is 25.7. The van der Waals surface area contributed by atoms with E-state index in [2.05, 4.69) is 46.7 Å². The van der Waals surface area contributed by atoms with Gasteiger partial charge in [0.15, 0.2) is 0 Å². The van der Waals surface area contributed by atoms with Crippen molar-refractivity contribution >= 4 is 11.8 Å². The lowest BCUT2D eigenvalue weighted by atomic mass is 10.0. The summed E-state index contributed by atoms with van der Waals surface area (Å²) in [6, 6.07) is 14.8. The van der Waals surface area contributed by atoms with E-state index < -0.39 is 6.04 Å². The molecule has 3 rings (SSSR count). The molecule has 0 radical (unpaired) electrons. The zero-order valence-corrected chi connectivity index (χ0v) is 20.7. The summed E-state index contributed by atoms with van der Waals surface area (Å²) in [4.78, 5) is 28.3. The van der Waals surface area contributed by atoms with Gasteiger partial charge in [-0.2, -0.15) is 0 Å². The summed E-state index contributed by atoms with van der Waals surface area (Å²) in [6.45, 7) is 11.9. The fourth-order valence-corrected chi connectivity index (χ4v) is 4.07. The number of nitrogens with zero attached hydrogens (tertiary/aromatic N) is 1. The highest BCUT2D eigenvalue weighted by atomic mass is 16.5. The Morgan fingerprint density at radius 2 is 1.68 bits per heavy atom. The minimum Gasteiger partial charge on any atom is -0.494 e. The molecule has 184 valence electrons. The normalized spacial score (nSPS) is 16.0. The Balaban J connectivity index is 1.66. The summed E-state index contributed by atoms with van der Waals surface area (Å²) in [5.74, 6) is 0.190. The van der Waals surface area contributed by atoms with Gasteiger partial charge in [-0.1, -0.05) is 43.7 Å². The van der Waals surface area contributed by atoms with Gasteiger partial charge in [-0.25, -0.2) is 0 Å². The lowest BCUT2D eigenvalue weighted by Crippen LogP contribution is -2.52. The van der Waals surface area contributed by atoms with Crippen molar-refractivity contribution in [3.05, 3.63) is 65.2 Å². The monoisotopic (exact) mass is 467 g/mol.